The van der Waals surface area contributed by atoms with Crippen molar-refractivity contribution in [2.75, 3.05) is 0 Å². The standard InChI is InChI=1S/C12H13NO2/c1-9-7-11(15-13-9)8-12(14)10-5-3-2-4-6-10/h2-6,11H,7-8H2,1H3. The van der Waals surface area contributed by atoms with Crippen molar-refractivity contribution < 1.29 is 9.63 Å². The maximum absolute atomic E-state index is 11.8. The Bertz CT molecular complexity index is 384. The van der Waals surface area contributed by atoms with Crippen molar-refractivity contribution in [3.63, 3.8) is 0 Å². The van der Waals surface area contributed by atoms with E-state index in [0.29, 0.717) is 6.42 Å². The number of carbonyl (C=O) groups is 1. The summed E-state index contributed by atoms with van der Waals surface area (Å²) in [4.78, 5) is 16.9. The monoisotopic (exact) mass is 203 g/mol. The maximum Gasteiger partial charge on any atom is 0.166 e. The van der Waals surface area contributed by atoms with Gasteiger partial charge in [0.2, 0.25) is 0 Å². The summed E-state index contributed by atoms with van der Waals surface area (Å²) in [5, 5.41) is 3.83. The lowest BCUT2D eigenvalue weighted by Gasteiger charge is -2.06. The third-order valence-electron chi connectivity index (χ3n) is 2.39. The molecule has 0 amide bonds. The summed E-state index contributed by atoms with van der Waals surface area (Å²) in [7, 11) is 0. The van der Waals surface area contributed by atoms with Gasteiger partial charge >= 0.3 is 0 Å². The molecule has 1 aliphatic rings. The van der Waals surface area contributed by atoms with Crippen LogP contribution in [0.25, 0.3) is 0 Å². The van der Waals surface area contributed by atoms with Gasteiger partial charge in [-0.2, -0.15) is 0 Å². The number of hydrogen-bond acceptors (Lipinski definition) is 3. The largest absolute Gasteiger partial charge is 0.392 e. The van der Waals surface area contributed by atoms with Crippen LogP contribution < -0.4 is 0 Å². The second-order valence-corrected chi connectivity index (χ2v) is 3.75. The summed E-state index contributed by atoms with van der Waals surface area (Å²) in [5.74, 6) is 0.116. The minimum absolute atomic E-state index is 0.0716. The first-order chi connectivity index (χ1) is 7.25. The molecule has 15 heavy (non-hydrogen) atoms. The topological polar surface area (TPSA) is 38.7 Å². The van der Waals surface area contributed by atoms with E-state index in [1.54, 1.807) is 0 Å². The normalized spacial score (nSPS) is 19.5. The zero-order chi connectivity index (χ0) is 10.7. The minimum atomic E-state index is -0.0716. The molecule has 0 saturated heterocycles. The molecule has 0 N–H and O–H groups in total. The van der Waals surface area contributed by atoms with Crippen LogP contribution in [0.2, 0.25) is 0 Å². The van der Waals surface area contributed by atoms with Gasteiger partial charge in [0, 0.05) is 12.0 Å². The Morgan fingerprint density at radius 2 is 2.20 bits per heavy atom. The van der Waals surface area contributed by atoms with Crippen molar-refractivity contribution >= 4 is 11.5 Å². The number of benzene rings is 1. The van der Waals surface area contributed by atoms with Crippen LogP contribution in [0.1, 0.15) is 30.1 Å². The Kier molecular flexibility index (Phi) is 2.81. The smallest absolute Gasteiger partial charge is 0.166 e. The number of hydrogen-bond donors (Lipinski definition) is 0. The van der Waals surface area contributed by atoms with Crippen LogP contribution in [-0.2, 0) is 4.84 Å². The second-order valence-electron chi connectivity index (χ2n) is 3.75. The van der Waals surface area contributed by atoms with Gasteiger partial charge in [-0.1, -0.05) is 35.5 Å². The predicted molar refractivity (Wildman–Crippen MR) is 58.0 cm³/mol. The summed E-state index contributed by atoms with van der Waals surface area (Å²) in [6, 6.07) is 9.28. The molecule has 0 saturated carbocycles. The van der Waals surface area contributed by atoms with Crippen molar-refractivity contribution in [1.82, 2.24) is 0 Å². The van der Waals surface area contributed by atoms with Gasteiger partial charge < -0.3 is 4.84 Å². The molecule has 0 aliphatic carbocycles. The molecule has 1 aromatic rings. The Hall–Kier alpha value is -1.64. The maximum atomic E-state index is 11.8. The lowest BCUT2D eigenvalue weighted by Crippen LogP contribution is -2.13. The summed E-state index contributed by atoms with van der Waals surface area (Å²) < 4.78 is 0. The van der Waals surface area contributed by atoms with Crippen molar-refractivity contribution in [3.8, 4) is 0 Å². The van der Waals surface area contributed by atoms with E-state index in [1.807, 2.05) is 37.3 Å². The summed E-state index contributed by atoms with van der Waals surface area (Å²) in [6.45, 7) is 1.91. The second kappa shape index (κ2) is 4.26. The molecule has 2 rings (SSSR count). The Morgan fingerprint density at radius 3 is 2.80 bits per heavy atom. The van der Waals surface area contributed by atoms with Gasteiger partial charge in [0.05, 0.1) is 12.1 Å². The van der Waals surface area contributed by atoms with Crippen molar-refractivity contribution in [1.29, 1.82) is 0 Å². The van der Waals surface area contributed by atoms with Crippen molar-refractivity contribution in [2.24, 2.45) is 5.16 Å². The zero-order valence-electron chi connectivity index (χ0n) is 8.64. The molecular formula is C12H13NO2. The fraction of sp³-hybridized carbons (Fsp3) is 0.333. The molecule has 1 atom stereocenters. The number of Topliss-reactive ketones (excluding diaryl/α,β-unsaturated/α-hetero) is 1. The van der Waals surface area contributed by atoms with Crippen molar-refractivity contribution in [2.45, 2.75) is 25.9 Å². The SMILES string of the molecule is CC1=NOC(CC(=O)c2ccccc2)C1. The summed E-state index contributed by atoms with van der Waals surface area (Å²) in [5.41, 5.74) is 1.70. The lowest BCUT2D eigenvalue weighted by molar-refractivity contribution is 0.0659. The highest BCUT2D eigenvalue weighted by molar-refractivity contribution is 5.96. The average Bonchev–Trinajstić information content (AvgIpc) is 2.65. The third kappa shape index (κ3) is 2.43. The number of rotatable bonds is 3. The Morgan fingerprint density at radius 1 is 1.47 bits per heavy atom. The molecule has 3 heteroatoms. The Labute approximate surface area is 88.7 Å². The molecule has 1 unspecified atom stereocenters. The van der Waals surface area contributed by atoms with Gasteiger partial charge in [0.15, 0.2) is 5.78 Å². The average molecular weight is 203 g/mol. The van der Waals surface area contributed by atoms with E-state index in [1.165, 1.54) is 0 Å². The van der Waals surface area contributed by atoms with E-state index in [-0.39, 0.29) is 11.9 Å². The molecule has 0 spiro atoms. The van der Waals surface area contributed by atoms with Crippen molar-refractivity contribution in [3.05, 3.63) is 35.9 Å². The first-order valence-corrected chi connectivity index (χ1v) is 5.03. The van der Waals surface area contributed by atoms with Gasteiger partial charge in [-0.15, -0.1) is 0 Å². The zero-order valence-corrected chi connectivity index (χ0v) is 8.64. The molecule has 0 bridgehead atoms. The number of carbonyl (C=O) groups excluding carboxylic acids is 1. The van der Waals surface area contributed by atoms with E-state index in [4.69, 9.17) is 4.84 Å². The number of ketones is 1. The van der Waals surface area contributed by atoms with E-state index in [9.17, 15) is 4.79 Å². The third-order valence-corrected chi connectivity index (χ3v) is 2.39. The van der Waals surface area contributed by atoms with E-state index in [2.05, 4.69) is 5.16 Å². The van der Waals surface area contributed by atoms with Gasteiger partial charge in [-0.05, 0) is 6.92 Å². The summed E-state index contributed by atoms with van der Waals surface area (Å²) in [6.07, 6.45) is 1.10. The van der Waals surface area contributed by atoms with Crippen LogP contribution >= 0.6 is 0 Å². The fourth-order valence-corrected chi connectivity index (χ4v) is 1.63. The molecule has 78 valence electrons. The van der Waals surface area contributed by atoms with Crippen LogP contribution in [0.4, 0.5) is 0 Å². The molecule has 0 radical (unpaired) electrons. The number of nitrogens with zero attached hydrogens (tertiary/aromatic N) is 1. The van der Waals surface area contributed by atoms with Crippen LogP contribution in [-0.4, -0.2) is 17.6 Å². The highest BCUT2D eigenvalue weighted by atomic mass is 16.6. The van der Waals surface area contributed by atoms with Crippen LogP contribution in [0.3, 0.4) is 0 Å². The fourth-order valence-electron chi connectivity index (χ4n) is 1.63. The first kappa shape index (κ1) is 9.90. The lowest BCUT2D eigenvalue weighted by atomic mass is 10.0. The van der Waals surface area contributed by atoms with E-state index < -0.39 is 0 Å². The molecule has 1 aliphatic heterocycles. The molecule has 1 heterocycles. The van der Waals surface area contributed by atoms with Crippen LogP contribution in [0.5, 0.6) is 0 Å². The van der Waals surface area contributed by atoms with E-state index in [0.717, 1.165) is 17.7 Å². The van der Waals surface area contributed by atoms with Gasteiger partial charge in [-0.3, -0.25) is 4.79 Å². The molecule has 3 nitrogen and oxygen atoms in total. The van der Waals surface area contributed by atoms with Crippen LogP contribution in [0.15, 0.2) is 35.5 Å². The minimum Gasteiger partial charge on any atom is -0.392 e. The molecule has 1 aromatic carbocycles. The Balaban J connectivity index is 1.94. The van der Waals surface area contributed by atoms with E-state index >= 15 is 0 Å². The quantitative estimate of drug-likeness (QED) is 0.707. The number of oxime groups is 1. The van der Waals surface area contributed by atoms with Gasteiger partial charge in [0.25, 0.3) is 0 Å². The van der Waals surface area contributed by atoms with Gasteiger partial charge in [0.1, 0.15) is 6.10 Å². The molecular weight excluding hydrogens is 190 g/mol. The summed E-state index contributed by atoms with van der Waals surface area (Å²) >= 11 is 0. The molecule has 0 aromatic heterocycles. The highest BCUT2D eigenvalue weighted by Crippen LogP contribution is 2.16. The first-order valence-electron chi connectivity index (χ1n) is 5.03. The predicted octanol–water partition coefficient (Wildman–Crippen LogP) is 2.42. The van der Waals surface area contributed by atoms with Crippen LogP contribution in [0, 0.1) is 0 Å². The highest BCUT2D eigenvalue weighted by Gasteiger charge is 2.21. The molecule has 0 fully saturated rings. The van der Waals surface area contributed by atoms with Gasteiger partial charge in [-0.25, -0.2) is 0 Å².